The van der Waals surface area contributed by atoms with Crippen molar-refractivity contribution in [3.63, 3.8) is 0 Å². The van der Waals surface area contributed by atoms with Crippen LogP contribution < -0.4 is 9.47 Å². The Morgan fingerprint density at radius 1 is 0.667 bits per heavy atom. The van der Waals surface area contributed by atoms with E-state index in [9.17, 15) is 35.1 Å². The Hall–Kier alpha value is -4.58. The molecule has 2 aromatic heterocycles. The maximum Gasteiger partial charge on any atom is 0.573 e. The predicted octanol–water partition coefficient (Wildman–Crippen LogP) is 6.89. The summed E-state index contributed by atoms with van der Waals surface area (Å²) in [6.07, 6.45) is -7.65. The molecule has 0 aliphatic heterocycles. The number of halogens is 9. The van der Waals surface area contributed by atoms with E-state index < -0.39 is 35.9 Å². The van der Waals surface area contributed by atoms with E-state index in [1.54, 1.807) is 6.07 Å². The van der Waals surface area contributed by atoms with Gasteiger partial charge in [0.25, 0.3) is 0 Å². The summed E-state index contributed by atoms with van der Waals surface area (Å²) in [6, 6.07) is 10.3. The van der Waals surface area contributed by atoms with Gasteiger partial charge in [-0.1, -0.05) is 11.6 Å². The fourth-order valence-corrected chi connectivity index (χ4v) is 2.95. The van der Waals surface area contributed by atoms with Crippen LogP contribution in [0.5, 0.6) is 11.5 Å². The highest BCUT2D eigenvalue weighted by molar-refractivity contribution is 6.29. The number of nitrogens with zero attached hydrogens (tertiary/aromatic N) is 5. The van der Waals surface area contributed by atoms with Crippen molar-refractivity contribution in [2.24, 2.45) is 0 Å². The van der Waals surface area contributed by atoms with Gasteiger partial charge < -0.3 is 9.47 Å². The van der Waals surface area contributed by atoms with E-state index in [0.717, 1.165) is 36.9 Å². The highest BCUT2D eigenvalue weighted by Gasteiger charge is 2.33. The normalized spacial score (nSPS) is 11.2. The summed E-state index contributed by atoms with van der Waals surface area (Å²) in [4.78, 5) is 14.9. The van der Waals surface area contributed by atoms with Gasteiger partial charge in [-0.25, -0.2) is 28.7 Å². The van der Waals surface area contributed by atoms with Gasteiger partial charge in [0.1, 0.15) is 29.6 Å². The van der Waals surface area contributed by atoms with Crippen LogP contribution >= 0.6 is 11.6 Å². The summed E-state index contributed by atoms with van der Waals surface area (Å²) in [6.45, 7) is 0. The second kappa shape index (κ2) is 11.9. The van der Waals surface area contributed by atoms with Crippen LogP contribution in [0.25, 0.3) is 22.5 Å². The summed E-state index contributed by atoms with van der Waals surface area (Å²) in [7, 11) is 0. The number of alkyl halides is 6. The average Bonchev–Trinajstić information content (AvgIpc) is 2.85. The van der Waals surface area contributed by atoms with E-state index in [0.29, 0.717) is 0 Å². The molecule has 0 radical (unpaired) electrons. The molecule has 4 aromatic rings. The minimum atomic E-state index is -4.97. The third kappa shape index (κ3) is 8.75. The molecule has 4 rings (SSSR count). The Balaban J connectivity index is 0.000000216. The van der Waals surface area contributed by atoms with Gasteiger partial charge in [0.15, 0.2) is 23.1 Å². The standard InChI is InChI=1S/C12H5F4N3O.C11H5ClF4N2O/c13-9-3-7(1-2-11(9)20-12(14,15)16)10-4-8(5-17)18-6-19-10;12-10-4-8(17-5-18-10)6-1-2-9(7(13)3-6)19-11(14,15)16/h1-4,6H;1-5H. The van der Waals surface area contributed by atoms with Crippen molar-refractivity contribution in [2.45, 2.75) is 12.7 Å². The molecule has 0 fully saturated rings. The monoisotopic (exact) mass is 575 g/mol. The van der Waals surface area contributed by atoms with E-state index in [1.165, 1.54) is 24.3 Å². The SMILES string of the molecule is Fc1cc(-c2cc(Cl)ncn2)ccc1OC(F)(F)F.N#Cc1cc(-c2ccc(OC(F)(F)F)c(F)c2)ncn1. The molecule has 0 saturated carbocycles. The molecular formula is C23H10ClF8N5O2. The van der Waals surface area contributed by atoms with Crippen LogP contribution in [-0.2, 0) is 0 Å². The molecule has 0 aliphatic rings. The minimum Gasteiger partial charge on any atom is -0.403 e. The lowest BCUT2D eigenvalue weighted by Crippen LogP contribution is -2.17. The van der Waals surface area contributed by atoms with Crippen LogP contribution in [0.3, 0.4) is 0 Å². The van der Waals surface area contributed by atoms with E-state index >= 15 is 0 Å². The lowest BCUT2D eigenvalue weighted by Gasteiger charge is -2.10. The number of benzene rings is 2. The van der Waals surface area contributed by atoms with Gasteiger partial charge in [-0.3, -0.25) is 0 Å². The van der Waals surface area contributed by atoms with Crippen molar-refractivity contribution < 1.29 is 44.6 Å². The number of rotatable bonds is 4. The maximum atomic E-state index is 13.5. The van der Waals surface area contributed by atoms with Crippen molar-refractivity contribution in [1.82, 2.24) is 19.9 Å². The quantitative estimate of drug-likeness (QED) is 0.193. The first-order valence-corrected chi connectivity index (χ1v) is 10.4. The van der Waals surface area contributed by atoms with Crippen molar-refractivity contribution in [1.29, 1.82) is 5.26 Å². The van der Waals surface area contributed by atoms with Crippen molar-refractivity contribution in [3.05, 3.63) is 83.7 Å². The van der Waals surface area contributed by atoms with E-state index in [1.807, 2.05) is 0 Å². The third-order valence-corrected chi connectivity index (χ3v) is 4.53. The van der Waals surface area contributed by atoms with Crippen LogP contribution in [0.4, 0.5) is 35.1 Å². The molecule has 0 amide bonds. The van der Waals surface area contributed by atoms with Crippen LogP contribution in [0.15, 0.2) is 61.2 Å². The first-order valence-electron chi connectivity index (χ1n) is 10.0. The van der Waals surface area contributed by atoms with Gasteiger partial charge >= 0.3 is 12.7 Å². The van der Waals surface area contributed by atoms with Crippen molar-refractivity contribution >= 4 is 11.6 Å². The number of aromatic nitrogens is 4. The molecule has 2 heterocycles. The topological polar surface area (TPSA) is 93.8 Å². The first-order chi connectivity index (χ1) is 18.2. The van der Waals surface area contributed by atoms with E-state index in [4.69, 9.17) is 16.9 Å². The number of ether oxygens (including phenoxy) is 2. The maximum absolute atomic E-state index is 13.5. The molecule has 0 aliphatic carbocycles. The summed E-state index contributed by atoms with van der Waals surface area (Å²) in [5, 5.41) is 8.82. The molecule has 0 atom stereocenters. The molecule has 0 N–H and O–H groups in total. The van der Waals surface area contributed by atoms with Crippen LogP contribution in [0.1, 0.15) is 5.69 Å². The zero-order chi connectivity index (χ0) is 28.8. The lowest BCUT2D eigenvalue weighted by atomic mass is 10.1. The smallest absolute Gasteiger partial charge is 0.403 e. The summed E-state index contributed by atoms with van der Waals surface area (Å²) >= 11 is 5.63. The van der Waals surface area contributed by atoms with Gasteiger partial charge in [0.2, 0.25) is 0 Å². The summed E-state index contributed by atoms with van der Waals surface area (Å²) in [5.41, 5.74) is 1.03. The zero-order valence-corrected chi connectivity index (χ0v) is 19.5. The van der Waals surface area contributed by atoms with Gasteiger partial charge in [0, 0.05) is 23.3 Å². The number of hydrogen-bond donors (Lipinski definition) is 0. The summed E-state index contributed by atoms with van der Waals surface area (Å²) < 4.78 is 106. The largest absolute Gasteiger partial charge is 0.573 e. The molecule has 0 saturated heterocycles. The predicted molar refractivity (Wildman–Crippen MR) is 118 cm³/mol. The zero-order valence-electron chi connectivity index (χ0n) is 18.7. The van der Waals surface area contributed by atoms with Gasteiger partial charge in [0.05, 0.1) is 11.4 Å². The van der Waals surface area contributed by atoms with Crippen LogP contribution in [0.2, 0.25) is 5.15 Å². The molecular weight excluding hydrogens is 566 g/mol. The molecule has 0 spiro atoms. The molecule has 7 nitrogen and oxygen atoms in total. The van der Waals surface area contributed by atoms with Gasteiger partial charge in [-0.15, -0.1) is 26.3 Å². The molecule has 0 bridgehead atoms. The average molecular weight is 576 g/mol. The molecule has 16 heteroatoms. The molecule has 39 heavy (non-hydrogen) atoms. The Bertz CT molecular complexity index is 1510. The van der Waals surface area contributed by atoms with Crippen molar-refractivity contribution in [2.75, 3.05) is 0 Å². The minimum absolute atomic E-state index is 0.0611. The lowest BCUT2D eigenvalue weighted by molar-refractivity contribution is -0.276. The van der Waals surface area contributed by atoms with Gasteiger partial charge in [-0.2, -0.15) is 5.26 Å². The van der Waals surface area contributed by atoms with Crippen LogP contribution in [-0.4, -0.2) is 32.7 Å². The Labute approximate surface area is 218 Å². The highest BCUT2D eigenvalue weighted by Crippen LogP contribution is 2.30. The second-order valence-electron chi connectivity index (χ2n) is 7.01. The Kier molecular flexibility index (Phi) is 8.81. The summed E-state index contributed by atoms with van der Waals surface area (Å²) in [5.74, 6) is -4.17. The van der Waals surface area contributed by atoms with Crippen LogP contribution in [0, 0.1) is 23.0 Å². The number of hydrogen-bond acceptors (Lipinski definition) is 7. The van der Waals surface area contributed by atoms with Crippen molar-refractivity contribution in [3.8, 4) is 40.1 Å². The fourth-order valence-electron chi connectivity index (χ4n) is 2.80. The molecule has 2 aromatic carbocycles. The van der Waals surface area contributed by atoms with E-state index in [-0.39, 0.29) is 33.4 Å². The first kappa shape index (κ1) is 29.0. The fraction of sp³-hybridized carbons (Fsp3) is 0.0870. The van der Waals surface area contributed by atoms with Gasteiger partial charge in [-0.05, 0) is 36.4 Å². The third-order valence-electron chi connectivity index (χ3n) is 4.32. The van der Waals surface area contributed by atoms with E-state index in [2.05, 4.69) is 29.4 Å². The second-order valence-corrected chi connectivity index (χ2v) is 7.40. The molecule has 0 unspecified atom stereocenters. The Morgan fingerprint density at radius 2 is 1.13 bits per heavy atom. The highest BCUT2D eigenvalue weighted by atomic mass is 35.5. The molecule has 202 valence electrons. The number of nitriles is 1. The Morgan fingerprint density at radius 3 is 1.54 bits per heavy atom.